The van der Waals surface area contributed by atoms with Crippen LogP contribution in [0.1, 0.15) is 17.5 Å². The quantitative estimate of drug-likeness (QED) is 0.506. The Morgan fingerprint density at radius 3 is 1.93 bits per heavy atom. The van der Waals surface area contributed by atoms with Gasteiger partial charge in [-0.05, 0) is 44.5 Å². The third-order valence-corrected chi connectivity index (χ3v) is 8.37. The molecule has 6 nitrogen and oxygen atoms in total. The molecule has 2 aromatic rings. The zero-order valence-corrected chi connectivity index (χ0v) is 18.0. The maximum atomic E-state index is 13.0. The van der Waals surface area contributed by atoms with Crippen molar-refractivity contribution >= 4 is 31.7 Å². The molecular formula is C19H22ClNO5S2. The Kier molecular flexibility index (Phi) is 6.17. The topological polar surface area (TPSA) is 80.8 Å². The number of halogens is 1. The summed E-state index contributed by atoms with van der Waals surface area (Å²) in [6.07, 6.45) is -0.588. The summed E-state index contributed by atoms with van der Waals surface area (Å²) in [4.78, 5) is 0.190. The van der Waals surface area contributed by atoms with E-state index >= 15 is 0 Å². The average Bonchev–Trinajstić information content (AvgIpc) is 3.05. The van der Waals surface area contributed by atoms with E-state index in [-0.39, 0.29) is 28.6 Å². The van der Waals surface area contributed by atoms with Gasteiger partial charge < -0.3 is 0 Å². The van der Waals surface area contributed by atoms with Crippen molar-refractivity contribution < 1.29 is 21.0 Å². The Balaban J connectivity index is 1.81. The molecule has 0 spiro atoms. The van der Waals surface area contributed by atoms with E-state index in [4.69, 9.17) is 15.8 Å². The lowest BCUT2D eigenvalue weighted by atomic mass is 10.2. The van der Waals surface area contributed by atoms with Gasteiger partial charge in [-0.3, -0.25) is 4.18 Å². The summed E-state index contributed by atoms with van der Waals surface area (Å²) < 4.78 is 57.6. The van der Waals surface area contributed by atoms with Gasteiger partial charge in [-0.2, -0.15) is 12.7 Å². The Morgan fingerprint density at radius 1 is 0.929 bits per heavy atom. The van der Waals surface area contributed by atoms with E-state index in [1.165, 1.54) is 28.6 Å². The first-order valence-electron chi connectivity index (χ1n) is 8.78. The molecule has 0 bridgehead atoms. The first-order valence-corrected chi connectivity index (χ1v) is 12.2. The van der Waals surface area contributed by atoms with Gasteiger partial charge in [-0.15, -0.1) is 11.6 Å². The molecule has 0 saturated carbocycles. The van der Waals surface area contributed by atoms with E-state index in [0.717, 1.165) is 11.1 Å². The van der Waals surface area contributed by atoms with E-state index in [1.807, 2.05) is 13.8 Å². The van der Waals surface area contributed by atoms with Crippen molar-refractivity contribution in [1.29, 1.82) is 0 Å². The maximum absolute atomic E-state index is 13.0. The van der Waals surface area contributed by atoms with Crippen LogP contribution in [-0.2, 0) is 24.3 Å². The number of aryl methyl sites for hydroxylation is 2. The van der Waals surface area contributed by atoms with Crippen LogP contribution >= 0.6 is 11.6 Å². The molecule has 0 N–H and O–H groups in total. The highest BCUT2D eigenvalue weighted by Gasteiger charge is 2.42. The van der Waals surface area contributed by atoms with Crippen LogP contribution < -0.4 is 0 Å². The lowest BCUT2D eigenvalue weighted by Gasteiger charge is -2.22. The molecule has 0 amide bonds. The second-order valence-corrected chi connectivity index (χ2v) is 10.7. The zero-order chi connectivity index (χ0) is 20.5. The van der Waals surface area contributed by atoms with Crippen LogP contribution in [-0.4, -0.2) is 45.7 Å². The summed E-state index contributed by atoms with van der Waals surface area (Å²) in [5, 5.41) is 0. The number of hydrogen-bond acceptors (Lipinski definition) is 5. The first kappa shape index (κ1) is 21.3. The van der Waals surface area contributed by atoms with Crippen molar-refractivity contribution in [1.82, 2.24) is 4.31 Å². The van der Waals surface area contributed by atoms with E-state index in [2.05, 4.69) is 0 Å². The Morgan fingerprint density at radius 2 is 1.43 bits per heavy atom. The molecule has 1 heterocycles. The van der Waals surface area contributed by atoms with E-state index < -0.39 is 32.3 Å². The van der Waals surface area contributed by atoms with Gasteiger partial charge in [0, 0.05) is 18.5 Å². The van der Waals surface area contributed by atoms with E-state index in [0.29, 0.717) is 0 Å². The van der Waals surface area contributed by atoms with Crippen molar-refractivity contribution in [2.75, 3.05) is 12.4 Å². The molecule has 0 radical (unpaired) electrons. The molecule has 152 valence electrons. The molecule has 28 heavy (non-hydrogen) atoms. The van der Waals surface area contributed by atoms with Crippen LogP contribution in [0.15, 0.2) is 58.3 Å². The monoisotopic (exact) mass is 443 g/mol. The SMILES string of the molecule is Cc1ccc(S(=O)(=O)O[C@@H]2C[C@@H](CCl)N(S(=O)(=O)c3ccc(C)cc3)C2)cc1. The fraction of sp³-hybridized carbons (Fsp3) is 0.368. The lowest BCUT2D eigenvalue weighted by Crippen LogP contribution is -2.37. The van der Waals surface area contributed by atoms with Crippen molar-refractivity contribution in [2.45, 2.75) is 42.2 Å². The minimum atomic E-state index is -4.00. The van der Waals surface area contributed by atoms with Gasteiger partial charge in [-0.25, -0.2) is 8.42 Å². The van der Waals surface area contributed by atoms with Gasteiger partial charge in [-0.1, -0.05) is 35.4 Å². The zero-order valence-electron chi connectivity index (χ0n) is 15.6. The lowest BCUT2D eigenvalue weighted by molar-refractivity contribution is 0.222. The standard InChI is InChI=1S/C19H22ClNO5S2/c1-14-3-7-18(8-4-14)27(22,23)21-13-17(11-16(21)12-20)26-28(24,25)19-9-5-15(2)6-10-19/h3-10,16-17H,11-13H2,1-2H3/t16-,17+/m0/s1. The van der Waals surface area contributed by atoms with Gasteiger partial charge in [0.15, 0.2) is 0 Å². The molecule has 0 aromatic heterocycles. The molecule has 1 aliphatic heterocycles. The third kappa shape index (κ3) is 4.41. The largest absolute Gasteiger partial charge is 0.297 e. The molecule has 1 fully saturated rings. The second kappa shape index (κ2) is 8.12. The fourth-order valence-corrected chi connectivity index (χ4v) is 6.25. The average molecular weight is 444 g/mol. The van der Waals surface area contributed by atoms with Crippen LogP contribution in [0.5, 0.6) is 0 Å². The highest BCUT2D eigenvalue weighted by molar-refractivity contribution is 7.89. The van der Waals surface area contributed by atoms with Gasteiger partial charge in [0.05, 0.1) is 15.9 Å². The molecule has 0 unspecified atom stereocenters. The molecule has 1 saturated heterocycles. The van der Waals surface area contributed by atoms with Gasteiger partial charge >= 0.3 is 0 Å². The van der Waals surface area contributed by atoms with Crippen molar-refractivity contribution in [3.63, 3.8) is 0 Å². The molecule has 9 heteroatoms. The molecule has 0 aliphatic carbocycles. The molecular weight excluding hydrogens is 422 g/mol. The number of alkyl halides is 1. The number of hydrogen-bond donors (Lipinski definition) is 0. The number of benzene rings is 2. The summed E-state index contributed by atoms with van der Waals surface area (Å²) in [6, 6.07) is 12.3. The van der Waals surface area contributed by atoms with Crippen LogP contribution in [0.2, 0.25) is 0 Å². The van der Waals surface area contributed by atoms with Crippen LogP contribution in [0, 0.1) is 13.8 Å². The molecule has 3 rings (SSSR count). The van der Waals surface area contributed by atoms with Crippen LogP contribution in [0.4, 0.5) is 0 Å². The van der Waals surface area contributed by atoms with Crippen LogP contribution in [0.3, 0.4) is 0 Å². The number of rotatable bonds is 6. The van der Waals surface area contributed by atoms with Crippen molar-refractivity contribution in [3.05, 3.63) is 59.7 Å². The van der Waals surface area contributed by atoms with Gasteiger partial charge in [0.25, 0.3) is 10.1 Å². The second-order valence-electron chi connectivity index (χ2n) is 6.92. The predicted octanol–water partition coefficient (Wildman–Crippen LogP) is 3.08. The molecule has 2 atom stereocenters. The third-order valence-electron chi connectivity index (χ3n) is 4.70. The minimum absolute atomic E-state index is 0.0420. The van der Waals surface area contributed by atoms with Gasteiger partial charge in [0.2, 0.25) is 10.0 Å². The molecule has 1 aliphatic rings. The van der Waals surface area contributed by atoms with Gasteiger partial charge in [0.1, 0.15) is 0 Å². The Bertz CT molecular complexity index is 1030. The first-order chi connectivity index (χ1) is 13.1. The van der Waals surface area contributed by atoms with Crippen molar-refractivity contribution in [2.24, 2.45) is 0 Å². The summed E-state index contributed by atoms with van der Waals surface area (Å²) in [5.41, 5.74) is 1.87. The predicted molar refractivity (Wildman–Crippen MR) is 107 cm³/mol. The number of sulfonamides is 1. The van der Waals surface area contributed by atoms with E-state index in [1.54, 1.807) is 24.3 Å². The Labute approximate surface area is 171 Å². The van der Waals surface area contributed by atoms with Crippen molar-refractivity contribution in [3.8, 4) is 0 Å². The van der Waals surface area contributed by atoms with Crippen LogP contribution in [0.25, 0.3) is 0 Å². The normalized spacial score (nSPS) is 21.1. The smallest absolute Gasteiger partial charge is 0.262 e. The summed E-state index contributed by atoms with van der Waals surface area (Å²) in [5.74, 6) is 0.0511. The summed E-state index contributed by atoms with van der Waals surface area (Å²) >= 11 is 5.98. The highest BCUT2D eigenvalue weighted by atomic mass is 35.5. The van der Waals surface area contributed by atoms with E-state index in [9.17, 15) is 16.8 Å². The molecule has 2 aromatic carbocycles. The maximum Gasteiger partial charge on any atom is 0.297 e. The minimum Gasteiger partial charge on any atom is -0.262 e. The Hall–Kier alpha value is -1.45. The highest BCUT2D eigenvalue weighted by Crippen LogP contribution is 2.30. The summed E-state index contributed by atoms with van der Waals surface area (Å²) in [7, 11) is -7.80. The summed E-state index contributed by atoms with van der Waals surface area (Å²) in [6.45, 7) is 3.65. The number of nitrogens with zero attached hydrogens (tertiary/aromatic N) is 1. The fourth-order valence-electron chi connectivity index (χ4n) is 3.13.